The summed E-state index contributed by atoms with van der Waals surface area (Å²) in [6.07, 6.45) is 0.343. The predicted octanol–water partition coefficient (Wildman–Crippen LogP) is 0.121. The number of amides is 1. The number of hydrogen-bond donors (Lipinski definition) is 0. The summed E-state index contributed by atoms with van der Waals surface area (Å²) in [6, 6.07) is 6.42. The largest absolute Gasteiger partial charge is 0.459 e. The monoisotopic (exact) mass is 288 g/mol. The Hall–Kier alpha value is -2.57. The number of aromatic nitrogens is 1. The highest BCUT2D eigenvalue weighted by molar-refractivity contribution is 5.88. The number of rotatable bonds is 2. The van der Waals surface area contributed by atoms with Crippen LogP contribution < -0.4 is 5.76 Å². The molecule has 2 fully saturated rings. The van der Waals surface area contributed by atoms with Crippen LogP contribution in [-0.4, -0.2) is 40.0 Å². The number of likely N-dealkylation sites (tertiary alicyclic amines) is 1. The number of oxazole rings is 1. The molecule has 7 heteroatoms. The molecule has 2 bridgehead atoms. The summed E-state index contributed by atoms with van der Waals surface area (Å²) in [5, 5.41) is 0. The molecular formula is C14H12N2O5. The van der Waals surface area contributed by atoms with Crippen LogP contribution in [0.25, 0.3) is 11.1 Å². The van der Waals surface area contributed by atoms with Crippen molar-refractivity contribution < 1.29 is 18.7 Å². The van der Waals surface area contributed by atoms with Gasteiger partial charge in [-0.15, -0.1) is 0 Å². The van der Waals surface area contributed by atoms with Gasteiger partial charge in [-0.1, -0.05) is 12.1 Å². The molecular weight excluding hydrogens is 276 g/mol. The number of fused-ring (bicyclic) bond motifs is 3. The first-order chi connectivity index (χ1) is 10.1. The molecule has 1 amide bonds. The number of nitrogens with zero attached hydrogens (tertiary/aromatic N) is 2. The van der Waals surface area contributed by atoms with E-state index in [1.165, 1.54) is 9.47 Å². The number of morpholine rings is 1. The van der Waals surface area contributed by atoms with Gasteiger partial charge in [0.25, 0.3) is 0 Å². The molecule has 0 aliphatic carbocycles. The van der Waals surface area contributed by atoms with Crippen LogP contribution in [-0.2, 0) is 20.9 Å². The summed E-state index contributed by atoms with van der Waals surface area (Å²) in [5.41, 5.74) is 1.01. The first kappa shape index (κ1) is 12.2. The molecule has 0 saturated carbocycles. The van der Waals surface area contributed by atoms with Gasteiger partial charge >= 0.3 is 11.7 Å². The molecule has 2 atom stereocenters. The van der Waals surface area contributed by atoms with Gasteiger partial charge in [-0.2, -0.15) is 0 Å². The summed E-state index contributed by atoms with van der Waals surface area (Å²) < 4.78 is 11.4. The summed E-state index contributed by atoms with van der Waals surface area (Å²) in [4.78, 5) is 37.2. The predicted molar refractivity (Wildman–Crippen MR) is 70.5 cm³/mol. The minimum Gasteiger partial charge on any atom is -0.459 e. The Kier molecular flexibility index (Phi) is 2.44. The number of carbonyl (C=O) groups is 2. The summed E-state index contributed by atoms with van der Waals surface area (Å²) in [7, 11) is 0. The second kappa shape index (κ2) is 4.21. The lowest BCUT2D eigenvalue weighted by Gasteiger charge is -2.25. The van der Waals surface area contributed by atoms with E-state index in [2.05, 4.69) is 0 Å². The van der Waals surface area contributed by atoms with Crippen molar-refractivity contribution in [3.05, 3.63) is 34.8 Å². The maximum absolute atomic E-state index is 12.4. The minimum atomic E-state index is -0.573. The third-order valence-corrected chi connectivity index (χ3v) is 4.01. The van der Waals surface area contributed by atoms with E-state index in [9.17, 15) is 14.4 Å². The number of ether oxygens (including phenoxy) is 1. The van der Waals surface area contributed by atoms with Crippen molar-refractivity contribution in [2.45, 2.75) is 25.1 Å². The van der Waals surface area contributed by atoms with Crippen molar-refractivity contribution in [1.82, 2.24) is 9.47 Å². The van der Waals surface area contributed by atoms with Crippen LogP contribution >= 0.6 is 0 Å². The molecule has 108 valence electrons. The number of esters is 1. The molecule has 0 unspecified atom stereocenters. The van der Waals surface area contributed by atoms with E-state index in [0.29, 0.717) is 24.1 Å². The van der Waals surface area contributed by atoms with Crippen molar-refractivity contribution in [3.63, 3.8) is 0 Å². The Bertz CT molecular complexity index is 805. The maximum atomic E-state index is 12.4. The second-order valence-corrected chi connectivity index (χ2v) is 5.28. The number of para-hydroxylation sites is 2. The molecule has 21 heavy (non-hydrogen) atoms. The zero-order valence-corrected chi connectivity index (χ0v) is 11.0. The Morgan fingerprint density at radius 3 is 2.86 bits per heavy atom. The summed E-state index contributed by atoms with van der Waals surface area (Å²) in [6.45, 7) is 0.270. The highest BCUT2D eigenvalue weighted by atomic mass is 16.6. The smallest absolute Gasteiger partial charge is 0.420 e. The molecule has 3 heterocycles. The first-order valence-electron chi connectivity index (χ1n) is 6.72. The fourth-order valence-electron chi connectivity index (χ4n) is 3.01. The average Bonchev–Trinajstić information content (AvgIpc) is 3.12. The van der Waals surface area contributed by atoms with E-state index in [4.69, 9.17) is 9.15 Å². The van der Waals surface area contributed by atoms with Crippen LogP contribution in [0.2, 0.25) is 0 Å². The van der Waals surface area contributed by atoms with Gasteiger partial charge < -0.3 is 14.1 Å². The van der Waals surface area contributed by atoms with Crippen molar-refractivity contribution in [3.8, 4) is 0 Å². The van der Waals surface area contributed by atoms with Gasteiger partial charge in [0.05, 0.1) is 12.1 Å². The van der Waals surface area contributed by atoms with Gasteiger partial charge in [-0.3, -0.25) is 9.36 Å². The van der Waals surface area contributed by atoms with Gasteiger partial charge in [0.1, 0.15) is 18.7 Å². The molecule has 1 aromatic carbocycles. The van der Waals surface area contributed by atoms with Crippen molar-refractivity contribution in [2.24, 2.45) is 0 Å². The molecule has 0 radical (unpaired) electrons. The van der Waals surface area contributed by atoms with E-state index in [1.54, 1.807) is 24.3 Å². The molecule has 7 nitrogen and oxygen atoms in total. The highest BCUT2D eigenvalue weighted by Crippen LogP contribution is 2.29. The number of benzene rings is 1. The molecule has 1 aromatic heterocycles. The van der Waals surface area contributed by atoms with Crippen molar-refractivity contribution in [1.29, 1.82) is 0 Å². The Balaban J connectivity index is 1.63. The quantitative estimate of drug-likeness (QED) is 0.733. The molecule has 2 aliphatic heterocycles. The second-order valence-electron chi connectivity index (χ2n) is 5.28. The number of carbonyl (C=O) groups excluding carboxylic acids is 2. The van der Waals surface area contributed by atoms with E-state index in [-0.39, 0.29) is 24.5 Å². The molecule has 2 saturated heterocycles. The van der Waals surface area contributed by atoms with Crippen LogP contribution in [0.3, 0.4) is 0 Å². The van der Waals surface area contributed by atoms with E-state index >= 15 is 0 Å². The SMILES string of the molecule is O=C1O[C@H]2C[C@H]1N(C(=O)Cn1c(=O)oc3ccccc31)C2. The molecule has 2 aliphatic rings. The molecule has 2 aromatic rings. The van der Waals surface area contributed by atoms with E-state index < -0.39 is 11.8 Å². The van der Waals surface area contributed by atoms with Gasteiger partial charge in [0.15, 0.2) is 5.58 Å². The maximum Gasteiger partial charge on any atom is 0.420 e. The fourth-order valence-corrected chi connectivity index (χ4v) is 3.01. The normalized spacial score (nSPS) is 23.8. The average molecular weight is 288 g/mol. The minimum absolute atomic E-state index is 0.133. The summed E-state index contributed by atoms with van der Waals surface area (Å²) in [5.74, 6) is -1.20. The van der Waals surface area contributed by atoms with Crippen LogP contribution in [0.4, 0.5) is 0 Å². The van der Waals surface area contributed by atoms with Crippen LogP contribution in [0.1, 0.15) is 6.42 Å². The van der Waals surface area contributed by atoms with E-state index in [0.717, 1.165) is 0 Å². The molecule has 0 N–H and O–H groups in total. The molecule has 4 rings (SSSR count). The highest BCUT2D eigenvalue weighted by Gasteiger charge is 2.48. The van der Waals surface area contributed by atoms with E-state index in [1.807, 2.05) is 0 Å². The van der Waals surface area contributed by atoms with Gasteiger partial charge in [0, 0.05) is 6.42 Å². The summed E-state index contributed by atoms with van der Waals surface area (Å²) >= 11 is 0. The lowest BCUT2D eigenvalue weighted by molar-refractivity contribution is -0.157. The Labute approximate surface area is 118 Å². The van der Waals surface area contributed by atoms with Gasteiger partial charge in [-0.25, -0.2) is 9.59 Å². The molecule has 0 spiro atoms. The standard InChI is InChI=1S/C14H12N2O5/c17-12(15-6-8-5-10(15)13(18)20-8)7-16-9-3-1-2-4-11(9)21-14(16)19/h1-4,8,10H,5-7H2/t8-,10+/m0/s1. The van der Waals surface area contributed by atoms with Gasteiger partial charge in [0.2, 0.25) is 5.91 Å². The zero-order valence-electron chi connectivity index (χ0n) is 11.0. The van der Waals surface area contributed by atoms with Crippen molar-refractivity contribution >= 4 is 23.0 Å². The van der Waals surface area contributed by atoms with Gasteiger partial charge in [-0.05, 0) is 12.1 Å². The number of hydrogen-bond acceptors (Lipinski definition) is 5. The van der Waals surface area contributed by atoms with Crippen LogP contribution in [0.15, 0.2) is 33.5 Å². The van der Waals surface area contributed by atoms with Crippen LogP contribution in [0.5, 0.6) is 0 Å². The topological polar surface area (TPSA) is 81.8 Å². The lowest BCUT2D eigenvalue weighted by Crippen LogP contribution is -2.46. The Morgan fingerprint density at radius 1 is 1.29 bits per heavy atom. The fraction of sp³-hybridized carbons (Fsp3) is 0.357. The zero-order chi connectivity index (χ0) is 14.6. The van der Waals surface area contributed by atoms with Crippen molar-refractivity contribution in [2.75, 3.05) is 6.54 Å². The third kappa shape index (κ3) is 1.77. The first-order valence-corrected chi connectivity index (χ1v) is 6.72. The third-order valence-electron chi connectivity index (χ3n) is 4.01. The lowest BCUT2D eigenvalue weighted by atomic mass is 10.2. The van der Waals surface area contributed by atoms with Crippen LogP contribution in [0, 0.1) is 0 Å². The Morgan fingerprint density at radius 2 is 2.10 bits per heavy atom.